The summed E-state index contributed by atoms with van der Waals surface area (Å²) in [5, 5.41) is 11.3. The SMILES string of the molecule is Cc1nn(-c2ccc(C(F)(F)F)nn2)c(C)c1C(=O)N1CC2CN(CC[C@H](N)c3cccc(F)c3)CC2C1. The Hall–Kier alpha value is -3.38. The maximum atomic E-state index is 13.5. The van der Waals surface area contributed by atoms with Gasteiger partial charge < -0.3 is 15.5 Å². The highest BCUT2D eigenvalue weighted by Crippen LogP contribution is 2.33. The largest absolute Gasteiger partial charge is 0.435 e. The monoisotopic (exact) mass is 531 g/mol. The number of likely N-dealkylation sites (tertiary alicyclic amines) is 2. The molecule has 2 N–H and O–H groups in total. The van der Waals surface area contributed by atoms with Crippen LogP contribution in [0.15, 0.2) is 36.4 Å². The van der Waals surface area contributed by atoms with Gasteiger partial charge in [-0.1, -0.05) is 12.1 Å². The van der Waals surface area contributed by atoms with Gasteiger partial charge in [-0.2, -0.15) is 18.3 Å². The molecule has 3 aromatic rings. The van der Waals surface area contributed by atoms with Gasteiger partial charge in [0.05, 0.1) is 17.0 Å². The Kier molecular flexibility index (Phi) is 6.95. The fraction of sp³-hybridized carbons (Fsp3) is 0.462. The summed E-state index contributed by atoms with van der Waals surface area (Å²) in [4.78, 5) is 17.7. The number of hydrogen-bond acceptors (Lipinski definition) is 6. The van der Waals surface area contributed by atoms with Crippen LogP contribution < -0.4 is 5.73 Å². The molecule has 2 aliphatic heterocycles. The highest BCUT2D eigenvalue weighted by Gasteiger charge is 2.42. The van der Waals surface area contributed by atoms with E-state index in [2.05, 4.69) is 20.2 Å². The maximum Gasteiger partial charge on any atom is 0.435 e. The van der Waals surface area contributed by atoms with Gasteiger partial charge in [-0.05, 0) is 68.5 Å². The standard InChI is InChI=1S/C26H29F4N7O/c1-15-24(16(2)37(34-15)23-7-6-22(32-33-23)26(28,29)30)25(38)36-13-18-11-35(12-19(18)14-36)9-8-21(31)17-4-3-5-20(27)10-17/h3-7,10,18-19,21H,8-9,11-14,31H2,1-2H3/t18?,19?,21-/m0/s1. The van der Waals surface area contributed by atoms with Gasteiger partial charge in [0.1, 0.15) is 5.82 Å². The van der Waals surface area contributed by atoms with Crippen LogP contribution >= 0.6 is 0 Å². The number of aromatic nitrogens is 4. The fourth-order valence-corrected chi connectivity index (χ4v) is 5.59. The number of aryl methyl sites for hydroxylation is 1. The lowest BCUT2D eigenvalue weighted by molar-refractivity contribution is -0.141. The Bertz CT molecular complexity index is 1310. The summed E-state index contributed by atoms with van der Waals surface area (Å²) in [6.07, 6.45) is -3.87. The molecule has 4 heterocycles. The molecule has 0 saturated carbocycles. The zero-order chi connectivity index (χ0) is 27.2. The van der Waals surface area contributed by atoms with Gasteiger partial charge in [0.2, 0.25) is 0 Å². The van der Waals surface area contributed by atoms with E-state index in [1.54, 1.807) is 19.9 Å². The van der Waals surface area contributed by atoms with Gasteiger partial charge >= 0.3 is 6.18 Å². The predicted molar refractivity (Wildman–Crippen MR) is 131 cm³/mol. The third kappa shape index (κ3) is 5.14. The summed E-state index contributed by atoms with van der Waals surface area (Å²) >= 11 is 0. The molecule has 2 aliphatic rings. The molecule has 2 fully saturated rings. The molecule has 1 amide bonds. The summed E-state index contributed by atoms with van der Waals surface area (Å²) in [6.45, 7) is 7.19. The lowest BCUT2D eigenvalue weighted by Gasteiger charge is -2.23. The van der Waals surface area contributed by atoms with Crippen molar-refractivity contribution in [1.29, 1.82) is 0 Å². The third-order valence-corrected chi connectivity index (χ3v) is 7.55. The number of benzene rings is 1. The first-order chi connectivity index (χ1) is 18.0. The fourth-order valence-electron chi connectivity index (χ4n) is 5.59. The second-order valence-corrected chi connectivity index (χ2v) is 10.2. The number of alkyl halides is 3. The zero-order valence-corrected chi connectivity index (χ0v) is 21.1. The lowest BCUT2D eigenvalue weighted by atomic mass is 10.0. The first kappa shape index (κ1) is 26.2. The second-order valence-electron chi connectivity index (χ2n) is 10.2. The molecule has 0 radical (unpaired) electrons. The van der Waals surface area contributed by atoms with E-state index in [1.165, 1.54) is 22.9 Å². The van der Waals surface area contributed by atoms with Crippen molar-refractivity contribution in [3.63, 3.8) is 0 Å². The number of amides is 1. The van der Waals surface area contributed by atoms with E-state index in [0.29, 0.717) is 41.9 Å². The van der Waals surface area contributed by atoms with Crippen LogP contribution in [0.3, 0.4) is 0 Å². The number of fused-ring (bicyclic) bond motifs is 1. The van der Waals surface area contributed by atoms with Crippen molar-refractivity contribution in [3.05, 3.63) is 70.4 Å². The summed E-state index contributed by atoms with van der Waals surface area (Å²) < 4.78 is 53.4. The number of carbonyl (C=O) groups is 1. The van der Waals surface area contributed by atoms with Crippen molar-refractivity contribution in [1.82, 2.24) is 29.8 Å². The molecule has 8 nitrogen and oxygen atoms in total. The highest BCUT2D eigenvalue weighted by molar-refractivity contribution is 5.96. The topological polar surface area (TPSA) is 93.2 Å². The average Bonchev–Trinajstić information content (AvgIpc) is 3.53. The van der Waals surface area contributed by atoms with Gasteiger partial charge in [0.25, 0.3) is 5.91 Å². The Morgan fingerprint density at radius 1 is 1.08 bits per heavy atom. The van der Waals surface area contributed by atoms with Crippen LogP contribution in [0.2, 0.25) is 0 Å². The van der Waals surface area contributed by atoms with Crippen molar-refractivity contribution in [2.75, 3.05) is 32.7 Å². The van der Waals surface area contributed by atoms with Gasteiger partial charge in [-0.25, -0.2) is 9.07 Å². The molecule has 2 unspecified atom stereocenters. The van der Waals surface area contributed by atoms with Gasteiger partial charge in [-0.3, -0.25) is 4.79 Å². The van der Waals surface area contributed by atoms with Crippen molar-refractivity contribution < 1.29 is 22.4 Å². The molecular formula is C26H29F4N7O. The number of nitrogens with two attached hydrogens (primary N) is 1. The summed E-state index contributed by atoms with van der Waals surface area (Å²) in [5.74, 6) is 0.381. The highest BCUT2D eigenvalue weighted by atomic mass is 19.4. The quantitative estimate of drug-likeness (QED) is 0.490. The lowest BCUT2D eigenvalue weighted by Crippen LogP contribution is -2.34. The molecule has 2 saturated heterocycles. The summed E-state index contributed by atoms with van der Waals surface area (Å²) in [5.41, 5.74) is 7.39. The van der Waals surface area contributed by atoms with E-state index in [4.69, 9.17) is 5.73 Å². The minimum absolute atomic E-state index is 0.114. The minimum Gasteiger partial charge on any atom is -0.338 e. The smallest absolute Gasteiger partial charge is 0.338 e. The Balaban J connectivity index is 1.20. The maximum absolute atomic E-state index is 13.5. The number of nitrogens with zero attached hydrogens (tertiary/aromatic N) is 6. The van der Waals surface area contributed by atoms with E-state index >= 15 is 0 Å². The molecule has 5 rings (SSSR count). The average molecular weight is 532 g/mol. The van der Waals surface area contributed by atoms with E-state index < -0.39 is 11.9 Å². The second kappa shape index (κ2) is 10.1. The Morgan fingerprint density at radius 2 is 1.79 bits per heavy atom. The minimum atomic E-state index is -4.58. The van der Waals surface area contributed by atoms with Crippen LogP contribution in [0.4, 0.5) is 17.6 Å². The van der Waals surface area contributed by atoms with Gasteiger partial charge in [0, 0.05) is 32.2 Å². The van der Waals surface area contributed by atoms with E-state index in [-0.39, 0.29) is 23.6 Å². The first-order valence-corrected chi connectivity index (χ1v) is 12.5. The Morgan fingerprint density at radius 3 is 2.39 bits per heavy atom. The van der Waals surface area contributed by atoms with Gasteiger partial charge in [-0.15, -0.1) is 10.2 Å². The van der Waals surface area contributed by atoms with Gasteiger partial charge in [0.15, 0.2) is 11.5 Å². The number of carbonyl (C=O) groups excluding carboxylic acids is 1. The molecule has 0 aliphatic carbocycles. The third-order valence-electron chi connectivity index (χ3n) is 7.55. The van der Waals surface area contributed by atoms with Crippen LogP contribution in [0.25, 0.3) is 5.82 Å². The normalized spacial score (nSPS) is 20.7. The van der Waals surface area contributed by atoms with Crippen molar-refractivity contribution in [3.8, 4) is 5.82 Å². The summed E-state index contributed by atoms with van der Waals surface area (Å²) in [6, 6.07) is 8.19. The van der Waals surface area contributed by atoms with Crippen molar-refractivity contribution in [2.45, 2.75) is 32.5 Å². The number of halogens is 4. The first-order valence-electron chi connectivity index (χ1n) is 12.5. The van der Waals surface area contributed by atoms with E-state index in [1.807, 2.05) is 11.0 Å². The number of hydrogen-bond donors (Lipinski definition) is 1. The van der Waals surface area contributed by atoms with Crippen LogP contribution in [0, 0.1) is 31.5 Å². The van der Waals surface area contributed by atoms with E-state index in [0.717, 1.165) is 37.7 Å². The van der Waals surface area contributed by atoms with Crippen LogP contribution in [0.1, 0.15) is 45.5 Å². The number of rotatable bonds is 6. The molecule has 38 heavy (non-hydrogen) atoms. The molecule has 202 valence electrons. The van der Waals surface area contributed by atoms with Crippen molar-refractivity contribution in [2.24, 2.45) is 17.6 Å². The predicted octanol–water partition coefficient (Wildman–Crippen LogP) is 3.53. The summed E-state index contributed by atoms with van der Waals surface area (Å²) in [7, 11) is 0. The van der Waals surface area contributed by atoms with E-state index in [9.17, 15) is 22.4 Å². The van der Waals surface area contributed by atoms with Crippen LogP contribution in [-0.2, 0) is 6.18 Å². The molecular weight excluding hydrogens is 502 g/mol. The van der Waals surface area contributed by atoms with Crippen molar-refractivity contribution >= 4 is 5.91 Å². The zero-order valence-electron chi connectivity index (χ0n) is 21.1. The molecule has 0 spiro atoms. The van der Waals surface area contributed by atoms with Crippen LogP contribution in [0.5, 0.6) is 0 Å². The molecule has 3 atom stereocenters. The van der Waals surface area contributed by atoms with Crippen LogP contribution in [-0.4, -0.2) is 68.4 Å². The Labute approximate surface area is 217 Å². The molecule has 12 heteroatoms. The molecule has 2 aromatic heterocycles. The molecule has 0 bridgehead atoms. The molecule has 1 aromatic carbocycles.